The molecule has 2 saturated heterocycles. The van der Waals surface area contributed by atoms with E-state index in [-0.39, 0.29) is 29.7 Å². The molecule has 1 aromatic carbocycles. The van der Waals surface area contributed by atoms with Gasteiger partial charge in [0.05, 0.1) is 5.92 Å². The number of nitrogens with zero attached hydrogens (tertiary/aromatic N) is 6. The van der Waals surface area contributed by atoms with Crippen molar-refractivity contribution >= 4 is 50.7 Å². The van der Waals surface area contributed by atoms with Crippen LogP contribution in [-0.4, -0.2) is 70.3 Å². The molecule has 11 heteroatoms. The molecule has 2 aromatic heterocycles. The van der Waals surface area contributed by atoms with Gasteiger partial charge >= 0.3 is 0 Å². The van der Waals surface area contributed by atoms with Crippen molar-refractivity contribution < 1.29 is 9.59 Å². The smallest absolute Gasteiger partial charge is 0.274 e. The van der Waals surface area contributed by atoms with Crippen LogP contribution in [0.5, 0.6) is 0 Å². The van der Waals surface area contributed by atoms with Crippen molar-refractivity contribution in [3.8, 4) is 0 Å². The lowest BCUT2D eigenvalue weighted by Gasteiger charge is -2.35. The lowest BCUT2D eigenvalue weighted by Crippen LogP contribution is -2.50. The van der Waals surface area contributed by atoms with Crippen molar-refractivity contribution in [3.05, 3.63) is 46.4 Å². The molecule has 0 unspecified atom stereocenters. The Morgan fingerprint density at radius 1 is 1.15 bits per heavy atom. The van der Waals surface area contributed by atoms with Gasteiger partial charge in [0, 0.05) is 61.5 Å². The number of thioether (sulfide) groups is 1. The number of aromatic nitrogens is 3. The highest BCUT2D eigenvalue weighted by Gasteiger charge is 2.38. The van der Waals surface area contributed by atoms with Crippen molar-refractivity contribution in [2.24, 2.45) is 5.92 Å². The van der Waals surface area contributed by atoms with Crippen LogP contribution in [0.2, 0.25) is 0 Å². The first-order valence-electron chi connectivity index (χ1n) is 10.8. The second kappa shape index (κ2) is 8.79. The van der Waals surface area contributed by atoms with E-state index in [0.29, 0.717) is 37.7 Å². The first kappa shape index (κ1) is 21.9. The van der Waals surface area contributed by atoms with Gasteiger partial charge in [0.1, 0.15) is 0 Å². The molecule has 2 fully saturated rings. The zero-order valence-corrected chi connectivity index (χ0v) is 20.1. The number of carbonyl (C=O) groups is 2. The molecule has 0 aliphatic carbocycles. The number of amides is 2. The Labute approximate surface area is 199 Å². The highest BCUT2D eigenvalue weighted by atomic mass is 32.2. The van der Waals surface area contributed by atoms with Gasteiger partial charge in [0.25, 0.3) is 5.56 Å². The summed E-state index contributed by atoms with van der Waals surface area (Å²) >= 11 is 3.01. The maximum absolute atomic E-state index is 13.2. The van der Waals surface area contributed by atoms with Gasteiger partial charge in [-0.1, -0.05) is 17.4 Å². The van der Waals surface area contributed by atoms with Crippen molar-refractivity contribution in [2.45, 2.75) is 18.2 Å². The van der Waals surface area contributed by atoms with E-state index in [0.717, 1.165) is 21.4 Å². The number of fused-ring (bicyclic) bond motifs is 1. The van der Waals surface area contributed by atoms with Gasteiger partial charge < -0.3 is 14.7 Å². The number of benzene rings is 1. The third-order valence-corrected chi connectivity index (χ3v) is 7.82. The highest BCUT2D eigenvalue weighted by molar-refractivity contribution is 7.98. The molecule has 2 amide bonds. The second-order valence-corrected chi connectivity index (χ2v) is 10.0. The van der Waals surface area contributed by atoms with Gasteiger partial charge in [-0.25, -0.2) is 4.52 Å². The Kier molecular flexibility index (Phi) is 5.83. The summed E-state index contributed by atoms with van der Waals surface area (Å²) in [4.78, 5) is 48.9. The summed E-state index contributed by atoms with van der Waals surface area (Å²) in [6, 6.07) is 9.34. The Hall–Kier alpha value is -2.92. The van der Waals surface area contributed by atoms with Crippen molar-refractivity contribution in [1.29, 1.82) is 0 Å². The topological polar surface area (TPSA) is 91.1 Å². The van der Waals surface area contributed by atoms with E-state index in [4.69, 9.17) is 0 Å². The zero-order chi connectivity index (χ0) is 23.1. The number of rotatable bonds is 4. The van der Waals surface area contributed by atoms with E-state index in [9.17, 15) is 14.4 Å². The van der Waals surface area contributed by atoms with E-state index in [1.807, 2.05) is 42.3 Å². The number of hydrogen-bond donors (Lipinski definition) is 0. The Bertz CT molecular complexity index is 1280. The van der Waals surface area contributed by atoms with Crippen LogP contribution in [0.4, 0.5) is 10.8 Å². The summed E-state index contributed by atoms with van der Waals surface area (Å²) in [5, 5.41) is 5.39. The second-order valence-electron chi connectivity index (χ2n) is 8.23. The largest absolute Gasteiger partial charge is 0.343 e. The molecule has 4 heterocycles. The predicted molar refractivity (Wildman–Crippen MR) is 129 cm³/mol. The fraction of sp³-hybridized carbons (Fsp3) is 0.409. The summed E-state index contributed by atoms with van der Waals surface area (Å²) in [7, 11) is 0. The van der Waals surface area contributed by atoms with Gasteiger partial charge in [0.2, 0.25) is 21.9 Å². The summed E-state index contributed by atoms with van der Waals surface area (Å²) < 4.78 is 1.68. The average molecular weight is 485 g/mol. The molecule has 0 bridgehead atoms. The fourth-order valence-corrected chi connectivity index (χ4v) is 5.80. The number of piperazine rings is 1. The van der Waals surface area contributed by atoms with Gasteiger partial charge in [0.15, 0.2) is 0 Å². The molecule has 3 aromatic rings. The van der Waals surface area contributed by atoms with E-state index in [1.54, 1.807) is 21.2 Å². The van der Waals surface area contributed by atoms with E-state index in [1.165, 1.54) is 17.4 Å². The predicted octanol–water partition coefficient (Wildman–Crippen LogP) is 1.88. The third kappa shape index (κ3) is 4.22. The quantitative estimate of drug-likeness (QED) is 0.522. The highest BCUT2D eigenvalue weighted by Crippen LogP contribution is 2.30. The Balaban J connectivity index is 1.23. The molecule has 172 valence electrons. The van der Waals surface area contributed by atoms with Crippen molar-refractivity contribution in [3.63, 3.8) is 0 Å². The molecule has 0 saturated carbocycles. The third-order valence-electron chi connectivity index (χ3n) is 6.12. The number of hydrogen-bond acceptors (Lipinski definition) is 8. The van der Waals surface area contributed by atoms with Crippen molar-refractivity contribution in [1.82, 2.24) is 19.5 Å². The SMILES string of the molecule is CSc1cccc(N2C[C@@H](C(=O)N3CCN(c4nn5c(C)cc(=O)nc5s4)CC3)CC2=O)c1. The first-order chi connectivity index (χ1) is 15.9. The Morgan fingerprint density at radius 2 is 1.94 bits per heavy atom. The van der Waals surface area contributed by atoms with Crippen LogP contribution in [0.15, 0.2) is 40.0 Å². The van der Waals surface area contributed by atoms with Gasteiger partial charge in [-0.3, -0.25) is 14.4 Å². The van der Waals surface area contributed by atoms with Gasteiger partial charge in [-0.2, -0.15) is 4.98 Å². The van der Waals surface area contributed by atoms with Crippen LogP contribution in [-0.2, 0) is 9.59 Å². The molecule has 9 nitrogen and oxygen atoms in total. The number of anilines is 2. The average Bonchev–Trinajstić information content (AvgIpc) is 3.42. The van der Waals surface area contributed by atoms with Crippen molar-refractivity contribution in [2.75, 3.05) is 48.8 Å². The minimum absolute atomic E-state index is 0.00245. The molecule has 5 rings (SSSR count). The van der Waals surface area contributed by atoms with Crippen LogP contribution < -0.4 is 15.4 Å². The molecule has 0 spiro atoms. The van der Waals surface area contributed by atoms with Crippen LogP contribution in [0.1, 0.15) is 12.1 Å². The standard InChI is InChI=1S/C22H24N6O3S2/c1-14-10-18(29)23-21-28(14)24-22(33-21)26-8-6-25(7-9-26)20(31)15-11-19(30)27(13-15)16-4-3-5-17(12-16)32-2/h3-5,10,12,15H,6-9,11,13H2,1-2H3/t15-/m0/s1. The molecule has 2 aliphatic rings. The van der Waals surface area contributed by atoms with Crippen LogP contribution in [0.25, 0.3) is 4.96 Å². The van der Waals surface area contributed by atoms with E-state index in [2.05, 4.69) is 15.0 Å². The molecular formula is C22H24N6O3S2. The zero-order valence-electron chi connectivity index (χ0n) is 18.4. The van der Waals surface area contributed by atoms with E-state index >= 15 is 0 Å². The van der Waals surface area contributed by atoms with Crippen LogP contribution in [0.3, 0.4) is 0 Å². The monoisotopic (exact) mass is 484 g/mol. The summed E-state index contributed by atoms with van der Waals surface area (Å²) in [6.45, 7) is 4.70. The lowest BCUT2D eigenvalue weighted by atomic mass is 10.1. The van der Waals surface area contributed by atoms with Crippen LogP contribution >= 0.6 is 23.1 Å². The first-order valence-corrected chi connectivity index (χ1v) is 12.8. The van der Waals surface area contributed by atoms with E-state index < -0.39 is 0 Å². The minimum atomic E-state index is -0.317. The van der Waals surface area contributed by atoms with Crippen LogP contribution in [0, 0.1) is 12.8 Å². The fourth-order valence-electron chi connectivity index (χ4n) is 4.34. The molecule has 0 radical (unpaired) electrons. The molecule has 1 atom stereocenters. The minimum Gasteiger partial charge on any atom is -0.343 e. The van der Waals surface area contributed by atoms with Gasteiger partial charge in [-0.15, -0.1) is 16.9 Å². The number of aryl methyl sites for hydroxylation is 1. The normalized spacial score (nSPS) is 19.0. The maximum atomic E-state index is 13.2. The van der Waals surface area contributed by atoms with Gasteiger partial charge in [-0.05, 0) is 31.4 Å². The Morgan fingerprint density at radius 3 is 2.70 bits per heavy atom. The summed E-state index contributed by atoms with van der Waals surface area (Å²) in [5.41, 5.74) is 1.34. The molecule has 33 heavy (non-hydrogen) atoms. The molecule has 0 N–H and O–H groups in total. The number of carbonyl (C=O) groups excluding carboxylic acids is 2. The molecular weight excluding hydrogens is 460 g/mol. The lowest BCUT2D eigenvalue weighted by molar-refractivity contribution is -0.136. The summed E-state index contributed by atoms with van der Waals surface area (Å²) in [6.07, 6.45) is 2.25. The maximum Gasteiger partial charge on any atom is 0.274 e. The molecule has 2 aliphatic heterocycles. The summed E-state index contributed by atoms with van der Waals surface area (Å²) in [5.74, 6) is -0.279.